The number of nitrogens with zero attached hydrogens (tertiary/aromatic N) is 1. The summed E-state index contributed by atoms with van der Waals surface area (Å²) in [5, 5.41) is 11.7. The fourth-order valence-electron chi connectivity index (χ4n) is 1.78. The topological polar surface area (TPSA) is 79.3 Å². The second-order valence-corrected chi connectivity index (χ2v) is 4.32. The Bertz CT molecular complexity index is 473. The second kappa shape index (κ2) is 6.26. The molecule has 5 nitrogen and oxygen atoms in total. The van der Waals surface area contributed by atoms with E-state index in [0.29, 0.717) is 12.8 Å². The first-order valence-electron chi connectivity index (χ1n) is 6.09. The van der Waals surface area contributed by atoms with Crippen LogP contribution in [0.25, 0.3) is 0 Å². The fourth-order valence-corrected chi connectivity index (χ4v) is 1.78. The molecule has 0 atom stereocenters. The van der Waals surface area contributed by atoms with E-state index in [1.807, 2.05) is 0 Å². The molecule has 6 heteroatoms. The van der Waals surface area contributed by atoms with E-state index < -0.39 is 23.2 Å². The summed E-state index contributed by atoms with van der Waals surface area (Å²) in [5.74, 6) is -2.49. The van der Waals surface area contributed by atoms with Gasteiger partial charge in [0.2, 0.25) is 5.95 Å². The average molecular weight is 268 g/mol. The van der Waals surface area contributed by atoms with Gasteiger partial charge in [0.05, 0.1) is 11.0 Å². The summed E-state index contributed by atoms with van der Waals surface area (Å²) in [6, 6.07) is 2.75. The molecular formula is C13H17FN2O3. The molecule has 1 aromatic heterocycles. The lowest BCUT2D eigenvalue weighted by Gasteiger charge is -2.26. The van der Waals surface area contributed by atoms with Gasteiger partial charge < -0.3 is 10.4 Å². The lowest BCUT2D eigenvalue weighted by Crippen LogP contribution is -2.42. The number of hydrogen-bond acceptors (Lipinski definition) is 3. The summed E-state index contributed by atoms with van der Waals surface area (Å²) < 4.78 is 13.3. The molecular weight excluding hydrogens is 251 g/mol. The van der Waals surface area contributed by atoms with Crippen LogP contribution < -0.4 is 5.32 Å². The van der Waals surface area contributed by atoms with Gasteiger partial charge in [-0.3, -0.25) is 9.59 Å². The van der Waals surface area contributed by atoms with Crippen molar-refractivity contribution in [3.63, 3.8) is 0 Å². The van der Waals surface area contributed by atoms with Gasteiger partial charge in [-0.1, -0.05) is 13.8 Å². The molecule has 1 aromatic rings. The van der Waals surface area contributed by atoms with Crippen molar-refractivity contribution in [2.45, 2.75) is 26.7 Å². The lowest BCUT2D eigenvalue weighted by molar-refractivity contribution is -0.149. The summed E-state index contributed by atoms with van der Waals surface area (Å²) in [6.07, 6.45) is 2.01. The first kappa shape index (κ1) is 15.1. The highest BCUT2D eigenvalue weighted by atomic mass is 19.1. The van der Waals surface area contributed by atoms with Crippen LogP contribution in [-0.4, -0.2) is 28.5 Å². The van der Waals surface area contributed by atoms with Crippen LogP contribution >= 0.6 is 0 Å². The summed E-state index contributed by atoms with van der Waals surface area (Å²) in [6.45, 7) is 3.45. The van der Waals surface area contributed by atoms with Gasteiger partial charge in [-0.2, -0.15) is 4.39 Å². The number of aromatic nitrogens is 1. The minimum Gasteiger partial charge on any atom is -0.481 e. The third-order valence-corrected chi connectivity index (χ3v) is 3.40. The molecule has 0 saturated heterocycles. The Kier molecular flexibility index (Phi) is 4.97. The molecule has 0 aliphatic carbocycles. The molecule has 0 aliphatic heterocycles. The molecule has 2 N–H and O–H groups in total. The molecule has 1 amide bonds. The number of amides is 1. The molecule has 1 rings (SSSR count). The van der Waals surface area contributed by atoms with Crippen molar-refractivity contribution in [2.75, 3.05) is 6.54 Å². The molecule has 0 radical (unpaired) electrons. The van der Waals surface area contributed by atoms with Crippen molar-refractivity contribution in [3.05, 3.63) is 29.8 Å². The second-order valence-electron chi connectivity index (χ2n) is 4.32. The van der Waals surface area contributed by atoms with Gasteiger partial charge in [0, 0.05) is 12.7 Å². The predicted molar refractivity (Wildman–Crippen MR) is 67.2 cm³/mol. The standard InChI is InChI=1S/C13H17FN2O3/c1-3-13(4-2,12(18)19)8-16-11(17)9-6-5-7-15-10(9)14/h5-7H,3-4,8H2,1-2H3,(H,16,17)(H,18,19). The van der Waals surface area contributed by atoms with Crippen molar-refractivity contribution in [2.24, 2.45) is 5.41 Å². The lowest BCUT2D eigenvalue weighted by atomic mass is 9.82. The Morgan fingerprint density at radius 3 is 2.53 bits per heavy atom. The summed E-state index contributed by atoms with van der Waals surface area (Å²) in [5.41, 5.74) is -1.21. The number of carboxylic acid groups (broad SMARTS) is 1. The summed E-state index contributed by atoms with van der Waals surface area (Å²) in [4.78, 5) is 26.4. The van der Waals surface area contributed by atoms with Crippen molar-refractivity contribution < 1.29 is 19.1 Å². The number of pyridine rings is 1. The van der Waals surface area contributed by atoms with Gasteiger partial charge >= 0.3 is 5.97 Å². The van der Waals surface area contributed by atoms with Gasteiger partial charge in [-0.15, -0.1) is 0 Å². The van der Waals surface area contributed by atoms with Gasteiger partial charge in [0.15, 0.2) is 0 Å². The fraction of sp³-hybridized carbons (Fsp3) is 0.462. The van der Waals surface area contributed by atoms with Gasteiger partial charge in [-0.25, -0.2) is 4.98 Å². The predicted octanol–water partition coefficient (Wildman–Crippen LogP) is 1.84. The Morgan fingerprint density at radius 2 is 2.05 bits per heavy atom. The highest BCUT2D eigenvalue weighted by Gasteiger charge is 2.35. The molecule has 0 aromatic carbocycles. The SMILES string of the molecule is CCC(CC)(CNC(=O)c1cccnc1F)C(=O)O. The third-order valence-electron chi connectivity index (χ3n) is 3.40. The zero-order valence-electron chi connectivity index (χ0n) is 10.9. The van der Waals surface area contributed by atoms with Crippen LogP contribution in [0.15, 0.2) is 18.3 Å². The highest BCUT2D eigenvalue weighted by Crippen LogP contribution is 2.25. The summed E-state index contributed by atoms with van der Waals surface area (Å²) >= 11 is 0. The van der Waals surface area contributed by atoms with Crippen molar-refractivity contribution in [3.8, 4) is 0 Å². The zero-order chi connectivity index (χ0) is 14.5. The first-order chi connectivity index (χ1) is 8.96. The Hall–Kier alpha value is -1.98. The van der Waals surface area contributed by atoms with E-state index in [9.17, 15) is 19.1 Å². The van der Waals surface area contributed by atoms with Crippen molar-refractivity contribution in [1.82, 2.24) is 10.3 Å². The number of carbonyl (C=O) groups is 2. The van der Waals surface area contributed by atoms with E-state index in [2.05, 4.69) is 10.3 Å². The Balaban J connectivity index is 2.79. The Labute approximate surface area is 110 Å². The molecule has 104 valence electrons. The van der Waals surface area contributed by atoms with Crippen LogP contribution in [-0.2, 0) is 4.79 Å². The highest BCUT2D eigenvalue weighted by molar-refractivity contribution is 5.94. The van der Waals surface area contributed by atoms with Crippen LogP contribution in [0.1, 0.15) is 37.0 Å². The van der Waals surface area contributed by atoms with E-state index in [1.54, 1.807) is 13.8 Å². The number of rotatable bonds is 6. The van der Waals surface area contributed by atoms with E-state index in [1.165, 1.54) is 18.3 Å². The maximum Gasteiger partial charge on any atom is 0.311 e. The molecule has 0 aliphatic rings. The van der Waals surface area contributed by atoms with Crippen LogP contribution in [0.3, 0.4) is 0 Å². The number of carboxylic acids is 1. The van der Waals surface area contributed by atoms with E-state index in [0.717, 1.165) is 0 Å². The van der Waals surface area contributed by atoms with Crippen molar-refractivity contribution >= 4 is 11.9 Å². The first-order valence-corrected chi connectivity index (χ1v) is 6.09. The normalized spacial score (nSPS) is 11.1. The van der Waals surface area contributed by atoms with E-state index in [4.69, 9.17) is 0 Å². The van der Waals surface area contributed by atoms with E-state index >= 15 is 0 Å². The molecule has 0 spiro atoms. The van der Waals surface area contributed by atoms with Gasteiger partial charge in [0.25, 0.3) is 5.91 Å². The molecule has 0 bridgehead atoms. The average Bonchev–Trinajstić information content (AvgIpc) is 2.40. The summed E-state index contributed by atoms with van der Waals surface area (Å²) in [7, 11) is 0. The zero-order valence-corrected chi connectivity index (χ0v) is 10.9. The maximum atomic E-state index is 13.3. The molecule has 0 unspecified atom stereocenters. The maximum absolute atomic E-state index is 13.3. The largest absolute Gasteiger partial charge is 0.481 e. The van der Waals surface area contributed by atoms with Crippen molar-refractivity contribution in [1.29, 1.82) is 0 Å². The number of carbonyl (C=O) groups excluding carboxylic acids is 1. The van der Waals surface area contributed by atoms with Gasteiger partial charge in [0.1, 0.15) is 0 Å². The molecule has 0 fully saturated rings. The molecule has 0 saturated carbocycles. The molecule has 19 heavy (non-hydrogen) atoms. The monoisotopic (exact) mass is 268 g/mol. The number of nitrogens with one attached hydrogen (secondary N) is 1. The van der Waals surface area contributed by atoms with E-state index in [-0.39, 0.29) is 12.1 Å². The number of hydrogen-bond donors (Lipinski definition) is 2. The minimum atomic E-state index is -1.02. The molecule has 1 heterocycles. The third kappa shape index (κ3) is 3.27. The number of halogens is 1. The Morgan fingerprint density at radius 1 is 1.42 bits per heavy atom. The minimum absolute atomic E-state index is 0.0392. The van der Waals surface area contributed by atoms with Crippen LogP contribution in [0, 0.1) is 11.4 Å². The van der Waals surface area contributed by atoms with Gasteiger partial charge in [-0.05, 0) is 25.0 Å². The number of aliphatic carboxylic acids is 1. The van der Waals surface area contributed by atoms with Crippen LogP contribution in [0.4, 0.5) is 4.39 Å². The van der Waals surface area contributed by atoms with Crippen LogP contribution in [0.5, 0.6) is 0 Å². The smallest absolute Gasteiger partial charge is 0.311 e. The van der Waals surface area contributed by atoms with Crippen LogP contribution in [0.2, 0.25) is 0 Å². The quantitative estimate of drug-likeness (QED) is 0.771.